The van der Waals surface area contributed by atoms with Crippen LogP contribution in [0.25, 0.3) is 22.2 Å². The van der Waals surface area contributed by atoms with Gasteiger partial charge >= 0.3 is 6.09 Å². The third kappa shape index (κ3) is 5.13. The van der Waals surface area contributed by atoms with Crippen molar-refractivity contribution in [1.82, 2.24) is 19.8 Å². The second kappa shape index (κ2) is 9.77. The summed E-state index contributed by atoms with van der Waals surface area (Å²) >= 11 is 0. The molecule has 1 saturated carbocycles. The Hall–Kier alpha value is -3.88. The second-order valence-electron chi connectivity index (χ2n) is 9.00. The summed E-state index contributed by atoms with van der Waals surface area (Å²) in [5.41, 5.74) is 3.59. The number of piperazine rings is 1. The molecule has 5 rings (SSSR count). The molecule has 0 atom stereocenters. The molecule has 0 bridgehead atoms. The first-order chi connectivity index (χ1) is 17.0. The molecular weight excluding hydrogens is 446 g/mol. The highest BCUT2D eigenvalue weighted by Crippen LogP contribution is 2.33. The van der Waals surface area contributed by atoms with E-state index in [2.05, 4.69) is 15.3 Å². The number of fused-ring (bicyclic) bond motifs is 1. The van der Waals surface area contributed by atoms with Crippen LogP contribution in [0, 0.1) is 5.92 Å². The summed E-state index contributed by atoms with van der Waals surface area (Å²) < 4.78 is 5.04. The van der Waals surface area contributed by atoms with Crippen molar-refractivity contribution in [2.24, 2.45) is 5.92 Å². The Balaban J connectivity index is 1.25. The second-order valence-corrected chi connectivity index (χ2v) is 9.00. The minimum absolute atomic E-state index is 0.0197. The average Bonchev–Trinajstić information content (AvgIpc) is 3.62. The number of hydrogen-bond acceptors (Lipinski definition) is 5. The number of amides is 3. The first-order valence-corrected chi connectivity index (χ1v) is 12.1. The van der Waals surface area contributed by atoms with Gasteiger partial charge in [0.25, 0.3) is 0 Å². The zero-order valence-electron chi connectivity index (χ0n) is 19.8. The van der Waals surface area contributed by atoms with Crippen molar-refractivity contribution in [2.45, 2.75) is 26.2 Å². The molecule has 3 aromatic rings. The van der Waals surface area contributed by atoms with E-state index in [1.165, 1.54) is 0 Å². The standard InChI is InChI=1S/C26H29N5O4/c1-2-35-26(34)31-13-11-30(12-14-31)23(32)15-17-3-5-18(6-4-17)21-16-22(29-25(33)19-7-8-19)28-24-20(21)9-10-27-24/h3-6,9-10,16,19H,2,7-8,11-15H2,1H3,(H2,27,28,29,33). The van der Waals surface area contributed by atoms with Crippen LogP contribution in [0.1, 0.15) is 25.3 Å². The summed E-state index contributed by atoms with van der Waals surface area (Å²) in [6.07, 6.45) is 3.69. The predicted octanol–water partition coefficient (Wildman–Crippen LogP) is 3.42. The Kier molecular flexibility index (Phi) is 6.39. The summed E-state index contributed by atoms with van der Waals surface area (Å²) in [5, 5.41) is 3.90. The van der Waals surface area contributed by atoms with Crippen LogP contribution in [-0.2, 0) is 20.7 Å². The van der Waals surface area contributed by atoms with Crippen LogP contribution in [0.4, 0.5) is 10.6 Å². The van der Waals surface area contributed by atoms with Crippen molar-refractivity contribution in [3.63, 3.8) is 0 Å². The lowest BCUT2D eigenvalue weighted by Crippen LogP contribution is -2.51. The van der Waals surface area contributed by atoms with E-state index in [1.54, 1.807) is 16.7 Å². The van der Waals surface area contributed by atoms with Gasteiger partial charge in [-0.2, -0.15) is 0 Å². The van der Waals surface area contributed by atoms with Crippen LogP contribution < -0.4 is 5.32 Å². The first kappa shape index (κ1) is 22.9. The molecule has 1 aliphatic heterocycles. The molecule has 3 amide bonds. The number of anilines is 1. The Morgan fingerprint density at radius 1 is 1.06 bits per heavy atom. The summed E-state index contributed by atoms with van der Waals surface area (Å²) in [6, 6.07) is 11.8. The van der Waals surface area contributed by atoms with Gasteiger partial charge in [0.05, 0.1) is 13.0 Å². The highest BCUT2D eigenvalue weighted by molar-refractivity contribution is 5.99. The monoisotopic (exact) mass is 475 g/mol. The fourth-order valence-corrected chi connectivity index (χ4v) is 4.36. The molecule has 1 aromatic carbocycles. The molecule has 35 heavy (non-hydrogen) atoms. The maximum Gasteiger partial charge on any atom is 0.409 e. The molecular formula is C26H29N5O4. The van der Waals surface area contributed by atoms with Crippen molar-refractivity contribution in [3.05, 3.63) is 48.2 Å². The van der Waals surface area contributed by atoms with Crippen LogP contribution in [0.2, 0.25) is 0 Å². The number of aromatic amines is 1. The fourth-order valence-electron chi connectivity index (χ4n) is 4.36. The Morgan fingerprint density at radius 2 is 1.77 bits per heavy atom. The molecule has 0 radical (unpaired) electrons. The van der Waals surface area contributed by atoms with E-state index in [1.807, 2.05) is 42.6 Å². The summed E-state index contributed by atoms with van der Waals surface area (Å²) in [4.78, 5) is 48.0. The number of pyridine rings is 1. The van der Waals surface area contributed by atoms with Crippen LogP contribution in [-0.4, -0.2) is 70.5 Å². The van der Waals surface area contributed by atoms with Gasteiger partial charge in [0.15, 0.2) is 0 Å². The molecule has 2 aliphatic rings. The number of carbonyl (C=O) groups is 3. The molecule has 182 valence electrons. The van der Waals surface area contributed by atoms with Crippen molar-refractivity contribution < 1.29 is 19.1 Å². The molecule has 2 N–H and O–H groups in total. The van der Waals surface area contributed by atoms with Gasteiger partial charge in [-0.15, -0.1) is 0 Å². The number of H-pyrrole nitrogens is 1. The Morgan fingerprint density at radius 3 is 2.46 bits per heavy atom. The van der Waals surface area contributed by atoms with E-state index in [9.17, 15) is 14.4 Å². The zero-order valence-corrected chi connectivity index (χ0v) is 19.8. The number of aromatic nitrogens is 2. The summed E-state index contributed by atoms with van der Waals surface area (Å²) in [7, 11) is 0. The van der Waals surface area contributed by atoms with Gasteiger partial charge in [0.2, 0.25) is 11.8 Å². The predicted molar refractivity (Wildman–Crippen MR) is 132 cm³/mol. The van der Waals surface area contributed by atoms with Crippen molar-refractivity contribution in [3.8, 4) is 11.1 Å². The normalized spacial score (nSPS) is 15.8. The van der Waals surface area contributed by atoms with Gasteiger partial charge in [0.1, 0.15) is 11.5 Å². The lowest BCUT2D eigenvalue weighted by Gasteiger charge is -2.34. The maximum atomic E-state index is 12.8. The van der Waals surface area contributed by atoms with Crippen molar-refractivity contribution >= 4 is 34.8 Å². The minimum atomic E-state index is -0.321. The molecule has 9 heteroatoms. The van der Waals surface area contributed by atoms with E-state index in [0.29, 0.717) is 45.0 Å². The molecule has 0 spiro atoms. The maximum absolute atomic E-state index is 12.8. The summed E-state index contributed by atoms with van der Waals surface area (Å²) in [5.74, 6) is 0.701. The third-order valence-corrected chi connectivity index (χ3v) is 6.51. The van der Waals surface area contributed by atoms with Gasteiger partial charge < -0.3 is 24.8 Å². The van der Waals surface area contributed by atoms with Crippen LogP contribution in [0.5, 0.6) is 0 Å². The smallest absolute Gasteiger partial charge is 0.409 e. The van der Waals surface area contributed by atoms with Gasteiger partial charge in [-0.1, -0.05) is 24.3 Å². The average molecular weight is 476 g/mol. The van der Waals surface area contributed by atoms with Gasteiger partial charge in [-0.25, -0.2) is 9.78 Å². The van der Waals surface area contributed by atoms with Crippen molar-refractivity contribution in [2.75, 3.05) is 38.1 Å². The highest BCUT2D eigenvalue weighted by Gasteiger charge is 2.30. The number of benzene rings is 1. The molecule has 2 aromatic heterocycles. The Bertz CT molecular complexity index is 1240. The molecule has 2 fully saturated rings. The number of nitrogens with one attached hydrogen (secondary N) is 2. The first-order valence-electron chi connectivity index (χ1n) is 12.1. The molecule has 9 nitrogen and oxygen atoms in total. The number of rotatable bonds is 6. The van der Waals surface area contributed by atoms with E-state index < -0.39 is 0 Å². The number of carbonyl (C=O) groups excluding carboxylic acids is 3. The van der Waals surface area contributed by atoms with E-state index in [4.69, 9.17) is 4.74 Å². The lowest BCUT2D eigenvalue weighted by molar-refractivity contribution is -0.132. The quantitative estimate of drug-likeness (QED) is 0.568. The largest absolute Gasteiger partial charge is 0.450 e. The lowest BCUT2D eigenvalue weighted by atomic mass is 10.0. The van der Waals surface area contributed by atoms with Crippen LogP contribution in [0.3, 0.4) is 0 Å². The van der Waals surface area contributed by atoms with Gasteiger partial charge in [-0.05, 0) is 48.6 Å². The van der Waals surface area contributed by atoms with Crippen LogP contribution in [0.15, 0.2) is 42.6 Å². The zero-order chi connectivity index (χ0) is 24.4. The molecule has 1 saturated heterocycles. The van der Waals surface area contributed by atoms with Gasteiger partial charge in [0, 0.05) is 43.7 Å². The highest BCUT2D eigenvalue weighted by atomic mass is 16.6. The fraction of sp³-hybridized carbons (Fsp3) is 0.385. The number of hydrogen-bond donors (Lipinski definition) is 2. The molecule has 0 unspecified atom stereocenters. The van der Waals surface area contributed by atoms with Crippen molar-refractivity contribution in [1.29, 1.82) is 0 Å². The number of nitrogens with zero attached hydrogens (tertiary/aromatic N) is 3. The van der Waals surface area contributed by atoms with Crippen LogP contribution >= 0.6 is 0 Å². The van der Waals surface area contributed by atoms with E-state index in [-0.39, 0.29) is 23.8 Å². The van der Waals surface area contributed by atoms with Gasteiger partial charge in [-0.3, -0.25) is 9.59 Å². The van der Waals surface area contributed by atoms with E-state index >= 15 is 0 Å². The molecule has 1 aliphatic carbocycles. The topological polar surface area (TPSA) is 108 Å². The van der Waals surface area contributed by atoms with E-state index in [0.717, 1.165) is 40.6 Å². The SMILES string of the molecule is CCOC(=O)N1CCN(C(=O)Cc2ccc(-c3cc(NC(=O)C4CC4)nc4[nH]ccc34)cc2)CC1. The summed E-state index contributed by atoms with van der Waals surface area (Å²) in [6.45, 7) is 4.11. The number of ether oxygens (including phenoxy) is 1. The Labute approximate surface area is 203 Å². The molecule has 3 heterocycles. The third-order valence-electron chi connectivity index (χ3n) is 6.51. The minimum Gasteiger partial charge on any atom is -0.450 e.